The van der Waals surface area contributed by atoms with Gasteiger partial charge < -0.3 is 32.6 Å². The number of carbonyl (C=O) groups excluding carboxylic acids is 6. The van der Waals surface area contributed by atoms with Gasteiger partial charge in [0.15, 0.2) is 23.5 Å². The normalized spacial score (nSPS) is 16.0. The standard InChI is InChI=1S/C51H44N4O24S4/c56-42-14-15-43(57)54(42)78-48(60)12-6-2-8-18-52-34-26-36-30(32-20-28(80(62,63)64)22-40(50(32)76-36)82(68,69)70)24-38(34)74-46(52)10-4-1-5-11-47-53(19-9-3-7-13-49(61)79-55-44(58)16-17-45(55)59)35-27-37-31(25-39(35)75-47)33-21-29(81(65,66)67)23-41(51(33)77-37)83(71,72)73/h1,4-5,10-11,20-27H,2-3,6-9,12-19H2,(H3-,62,63,64,65,66,67,68,69,70,71,72,73)/p+1. The Morgan fingerprint density at radius 2 is 1.05 bits per heavy atom. The number of furan rings is 2. The van der Waals surface area contributed by atoms with Crippen LogP contribution >= 0.6 is 0 Å². The van der Waals surface area contributed by atoms with Gasteiger partial charge in [0.05, 0.1) is 27.6 Å². The van der Waals surface area contributed by atoms with Crippen molar-refractivity contribution in [2.75, 3.05) is 11.4 Å². The number of oxazole rings is 1. The molecular weight excluding hydrogens is 1180 g/mol. The van der Waals surface area contributed by atoms with E-state index < -0.39 is 107 Å². The summed E-state index contributed by atoms with van der Waals surface area (Å²) in [6, 6.07) is 8.90. The molecule has 436 valence electrons. The molecule has 0 aliphatic carbocycles. The largest absolute Gasteiger partial charge is 0.455 e. The van der Waals surface area contributed by atoms with Crippen molar-refractivity contribution in [2.45, 2.75) is 103 Å². The number of imide groups is 2. The Bertz CT molecular complexity index is 4500. The molecule has 0 unspecified atom stereocenters. The van der Waals surface area contributed by atoms with Crippen LogP contribution in [0, 0.1) is 0 Å². The van der Waals surface area contributed by atoms with E-state index in [1.54, 1.807) is 39.8 Å². The van der Waals surface area contributed by atoms with Crippen molar-refractivity contribution in [1.82, 2.24) is 10.1 Å². The van der Waals surface area contributed by atoms with Gasteiger partial charge in [0.25, 0.3) is 69.6 Å². The number of hydroxylamine groups is 4. The van der Waals surface area contributed by atoms with Gasteiger partial charge in [-0.15, -0.1) is 10.1 Å². The lowest BCUT2D eigenvalue weighted by molar-refractivity contribution is -0.678. The van der Waals surface area contributed by atoms with E-state index in [1.165, 1.54) is 24.3 Å². The predicted molar refractivity (Wildman–Crippen MR) is 282 cm³/mol. The molecule has 3 aliphatic heterocycles. The summed E-state index contributed by atoms with van der Waals surface area (Å²) >= 11 is 0. The average molecular weight is 1230 g/mol. The monoisotopic (exact) mass is 1230 g/mol. The highest BCUT2D eigenvalue weighted by atomic mass is 32.2. The first-order valence-corrected chi connectivity index (χ1v) is 30.8. The molecule has 32 heteroatoms. The van der Waals surface area contributed by atoms with E-state index in [0.29, 0.717) is 59.1 Å². The zero-order valence-corrected chi connectivity index (χ0v) is 46.0. The summed E-state index contributed by atoms with van der Waals surface area (Å²) in [6.07, 6.45) is 9.61. The van der Waals surface area contributed by atoms with E-state index in [2.05, 4.69) is 0 Å². The van der Waals surface area contributed by atoms with E-state index in [4.69, 9.17) is 27.7 Å². The minimum Gasteiger partial charge on any atom is -0.455 e. The Hall–Kier alpha value is -8.37. The van der Waals surface area contributed by atoms with E-state index in [1.807, 2.05) is 0 Å². The zero-order valence-electron chi connectivity index (χ0n) is 42.8. The Kier molecular flexibility index (Phi) is 15.4. The first-order chi connectivity index (χ1) is 39.1. The fraction of sp³-hybridized carbons (Fsp3) is 0.275. The van der Waals surface area contributed by atoms with Crippen molar-refractivity contribution < 1.29 is 113 Å². The van der Waals surface area contributed by atoms with Gasteiger partial charge in [0.1, 0.15) is 21.0 Å². The van der Waals surface area contributed by atoms with Crippen LogP contribution in [-0.2, 0) is 85.5 Å². The second-order valence-electron chi connectivity index (χ2n) is 19.1. The highest BCUT2D eigenvalue weighted by Crippen LogP contribution is 2.46. The molecule has 83 heavy (non-hydrogen) atoms. The molecule has 4 aromatic carbocycles. The van der Waals surface area contributed by atoms with Crippen LogP contribution in [0.2, 0.25) is 0 Å². The van der Waals surface area contributed by atoms with Crippen LogP contribution in [0.1, 0.15) is 82.9 Å². The number of ether oxygens (including phenoxy) is 1. The first kappa shape index (κ1) is 57.8. The number of nitrogens with zero attached hydrogens (tertiary/aromatic N) is 4. The molecule has 6 heterocycles. The second-order valence-corrected chi connectivity index (χ2v) is 24.8. The second kappa shape index (κ2) is 22.1. The highest BCUT2D eigenvalue weighted by molar-refractivity contribution is 7.87. The molecule has 10 rings (SSSR count). The molecule has 4 N–H and O–H groups in total. The summed E-state index contributed by atoms with van der Waals surface area (Å²) in [5.41, 5.74) is 0.193. The lowest BCUT2D eigenvalue weighted by Crippen LogP contribution is -2.35. The van der Waals surface area contributed by atoms with Gasteiger partial charge in [-0.2, -0.15) is 38.2 Å². The maximum atomic E-state index is 12.5. The summed E-state index contributed by atoms with van der Waals surface area (Å²) in [4.78, 5) is 80.8. The van der Waals surface area contributed by atoms with Gasteiger partial charge >= 0.3 is 17.8 Å². The van der Waals surface area contributed by atoms with E-state index >= 15 is 0 Å². The maximum absolute atomic E-state index is 12.5. The van der Waals surface area contributed by atoms with Crippen LogP contribution < -0.4 is 14.2 Å². The lowest BCUT2D eigenvalue weighted by Gasteiger charge is -2.18. The first-order valence-electron chi connectivity index (χ1n) is 25.1. The topological polar surface area (TPSA) is 401 Å². The number of carbonyl (C=O) groups is 6. The number of anilines is 1. The molecular formula is C51H45N4O24S4+. The van der Waals surface area contributed by atoms with Crippen molar-refractivity contribution in [3.8, 4) is 5.75 Å². The quantitative estimate of drug-likeness (QED) is 0.0206. The number of benzene rings is 4. The Labute approximate surface area is 468 Å². The van der Waals surface area contributed by atoms with Gasteiger partial charge in [-0.1, -0.05) is 24.6 Å². The molecule has 4 amide bonds. The van der Waals surface area contributed by atoms with Crippen LogP contribution in [0.5, 0.6) is 5.75 Å². The fourth-order valence-corrected chi connectivity index (χ4v) is 12.1. The van der Waals surface area contributed by atoms with Gasteiger partial charge in [-0.25, -0.2) is 9.59 Å². The summed E-state index contributed by atoms with van der Waals surface area (Å²) in [5.74, 6) is -3.41. The van der Waals surface area contributed by atoms with Crippen LogP contribution in [-0.4, -0.2) is 104 Å². The summed E-state index contributed by atoms with van der Waals surface area (Å²) in [5, 5.41) is 0.985. The van der Waals surface area contributed by atoms with E-state index in [9.17, 15) is 80.6 Å². The van der Waals surface area contributed by atoms with Crippen LogP contribution in [0.15, 0.2) is 112 Å². The minimum atomic E-state index is -5.10. The number of allylic oxidation sites excluding steroid dienone is 4. The summed E-state index contributed by atoms with van der Waals surface area (Å²) < 4.78 is 164. The van der Waals surface area contributed by atoms with Crippen molar-refractivity contribution in [3.05, 3.63) is 84.6 Å². The third kappa shape index (κ3) is 12.0. The number of hydrogen-bond donors (Lipinski definition) is 4. The van der Waals surface area contributed by atoms with Crippen LogP contribution in [0.4, 0.5) is 5.69 Å². The Morgan fingerprint density at radius 1 is 0.542 bits per heavy atom. The average Bonchev–Trinajstić information content (AvgIpc) is 1.99. The van der Waals surface area contributed by atoms with E-state index in [-0.39, 0.29) is 120 Å². The molecule has 0 saturated carbocycles. The van der Waals surface area contributed by atoms with Gasteiger partial charge in [-0.3, -0.25) is 37.4 Å². The Morgan fingerprint density at radius 3 is 1.57 bits per heavy atom. The molecule has 0 spiro atoms. The SMILES string of the molecule is O=C(CCCCCN1/C(=C/C=C/C=C/c2oc3cc4c(cc3[n+]2CCCCCC(=O)ON2C(=O)CCC2=O)oc2c(S(=O)(=O)O)cc(S(=O)(=O)O)cc24)Oc2cc3c(cc21)oc1c(S(=O)(=O)O)cc(S(=O)(=O)O)cc13)ON1C(=O)CCC1=O. The molecule has 28 nitrogen and oxygen atoms in total. The lowest BCUT2D eigenvalue weighted by atomic mass is 10.1. The number of aryl methyl sites for hydroxylation is 1. The van der Waals surface area contributed by atoms with Gasteiger partial charge in [0, 0.05) is 79.1 Å². The summed E-state index contributed by atoms with van der Waals surface area (Å²) in [7, 11) is -20.2. The third-order valence-electron chi connectivity index (χ3n) is 13.5. The molecule has 3 aromatic heterocycles. The number of aromatic nitrogens is 1. The number of hydrogen-bond acceptors (Lipinski definition) is 21. The molecule has 2 fully saturated rings. The molecule has 0 radical (unpaired) electrons. The summed E-state index contributed by atoms with van der Waals surface area (Å²) in [6.45, 7) is 0.444. The number of rotatable bonds is 21. The molecule has 2 saturated heterocycles. The predicted octanol–water partition coefficient (Wildman–Crippen LogP) is 6.15. The fourth-order valence-electron chi connectivity index (χ4n) is 9.60. The number of amides is 4. The molecule has 0 bridgehead atoms. The zero-order chi connectivity index (χ0) is 59.5. The minimum absolute atomic E-state index is 0.0273. The van der Waals surface area contributed by atoms with Crippen LogP contribution in [0.25, 0.3) is 61.1 Å². The molecule has 7 aromatic rings. The van der Waals surface area contributed by atoms with Crippen molar-refractivity contribution >= 4 is 143 Å². The van der Waals surface area contributed by atoms with E-state index in [0.717, 1.165) is 12.1 Å². The smallest absolute Gasteiger partial charge is 0.374 e. The number of unbranched alkanes of at least 4 members (excludes halogenated alkanes) is 4. The van der Waals surface area contributed by atoms with Crippen molar-refractivity contribution in [1.29, 1.82) is 0 Å². The third-order valence-corrected chi connectivity index (χ3v) is 16.9. The molecule has 0 atom stereocenters. The number of fused-ring (bicyclic) bond motifs is 8. The molecule has 3 aliphatic rings. The Balaban J connectivity index is 0.943. The highest BCUT2D eigenvalue weighted by Gasteiger charge is 2.35. The van der Waals surface area contributed by atoms with Crippen molar-refractivity contribution in [3.63, 3.8) is 0 Å². The van der Waals surface area contributed by atoms with Crippen molar-refractivity contribution in [2.24, 2.45) is 0 Å². The maximum Gasteiger partial charge on any atom is 0.374 e. The van der Waals surface area contributed by atoms with Gasteiger partial charge in [0.2, 0.25) is 11.5 Å². The van der Waals surface area contributed by atoms with Crippen LogP contribution in [0.3, 0.4) is 0 Å². The van der Waals surface area contributed by atoms with Gasteiger partial charge in [-0.05, 0) is 68.2 Å².